The summed E-state index contributed by atoms with van der Waals surface area (Å²) in [4.78, 5) is 30.2. The number of aliphatic imine (C=N–C) groups is 1. The molecule has 1 aromatic carbocycles. The minimum atomic E-state index is -0.633. The van der Waals surface area contributed by atoms with E-state index in [0.29, 0.717) is 26.7 Å². The van der Waals surface area contributed by atoms with Crippen LogP contribution in [0.3, 0.4) is 0 Å². The average molecular weight is 336 g/mol. The molecule has 22 heavy (non-hydrogen) atoms. The first-order valence-corrected chi connectivity index (χ1v) is 7.37. The van der Waals surface area contributed by atoms with Crippen molar-refractivity contribution in [2.24, 2.45) is 4.99 Å². The number of halogens is 1. The van der Waals surface area contributed by atoms with Crippen LogP contribution in [0.2, 0.25) is 0 Å². The van der Waals surface area contributed by atoms with Gasteiger partial charge in [-0.25, -0.2) is 14.2 Å². The van der Waals surface area contributed by atoms with Crippen molar-refractivity contribution in [3.8, 4) is 0 Å². The number of ether oxygens (including phenoxy) is 1. The fourth-order valence-corrected chi connectivity index (χ4v) is 3.14. The smallest absolute Gasteiger partial charge is 0.357 e. The van der Waals surface area contributed by atoms with E-state index in [-0.39, 0.29) is 10.6 Å². The summed E-state index contributed by atoms with van der Waals surface area (Å²) in [5, 5.41) is 0.372. The van der Waals surface area contributed by atoms with Crippen molar-refractivity contribution in [3.05, 3.63) is 44.1 Å². The van der Waals surface area contributed by atoms with Gasteiger partial charge in [-0.1, -0.05) is 11.3 Å². The molecule has 0 radical (unpaired) electrons. The fraction of sp³-hybridized carbons (Fsp3) is 0.0714. The number of H-pyrrole nitrogens is 1. The van der Waals surface area contributed by atoms with Gasteiger partial charge in [0.1, 0.15) is 5.82 Å². The van der Waals surface area contributed by atoms with E-state index in [0.717, 1.165) is 11.3 Å². The molecule has 0 bridgehead atoms. The molecular formula is C14H9FN2O3S2. The molecule has 0 atom stereocenters. The number of carbonyl (C=O) groups is 1. The number of thiol groups is 1. The van der Waals surface area contributed by atoms with Crippen molar-refractivity contribution in [1.29, 1.82) is 0 Å². The van der Waals surface area contributed by atoms with E-state index in [1.54, 1.807) is 6.08 Å². The summed E-state index contributed by atoms with van der Waals surface area (Å²) in [5.41, 5.74) is 1.40. The van der Waals surface area contributed by atoms with Crippen molar-refractivity contribution < 1.29 is 13.9 Å². The van der Waals surface area contributed by atoms with Gasteiger partial charge < -0.3 is 9.72 Å². The van der Waals surface area contributed by atoms with Crippen molar-refractivity contribution in [3.63, 3.8) is 0 Å². The highest BCUT2D eigenvalue weighted by Gasteiger charge is 2.28. The zero-order valence-corrected chi connectivity index (χ0v) is 12.9. The van der Waals surface area contributed by atoms with E-state index in [9.17, 15) is 14.0 Å². The Morgan fingerprint density at radius 3 is 2.91 bits per heavy atom. The average Bonchev–Trinajstić information content (AvgIpc) is 2.99. The monoisotopic (exact) mass is 336 g/mol. The molecule has 0 unspecified atom stereocenters. The van der Waals surface area contributed by atoms with Gasteiger partial charge in [-0.3, -0.25) is 4.79 Å². The third-order valence-corrected chi connectivity index (χ3v) is 4.38. The Kier molecular flexibility index (Phi) is 3.71. The van der Waals surface area contributed by atoms with Crippen molar-refractivity contribution in [1.82, 2.24) is 4.98 Å². The summed E-state index contributed by atoms with van der Waals surface area (Å²) >= 11 is 5.10. The Labute approximate surface area is 133 Å². The lowest BCUT2D eigenvalue weighted by atomic mass is 10.0. The van der Waals surface area contributed by atoms with Gasteiger partial charge in [0.2, 0.25) is 0 Å². The molecule has 1 aromatic heterocycles. The quantitative estimate of drug-likeness (QED) is 0.654. The van der Waals surface area contributed by atoms with Crippen LogP contribution in [0.15, 0.2) is 33.0 Å². The number of aromatic nitrogens is 1. The Bertz CT molecular complexity index is 896. The van der Waals surface area contributed by atoms with Crippen molar-refractivity contribution in [2.75, 3.05) is 7.11 Å². The van der Waals surface area contributed by atoms with Gasteiger partial charge in [0, 0.05) is 11.1 Å². The van der Waals surface area contributed by atoms with E-state index in [1.165, 1.54) is 25.3 Å². The number of nitrogens with zero attached hydrogens (tertiary/aromatic N) is 1. The second kappa shape index (κ2) is 5.54. The van der Waals surface area contributed by atoms with E-state index < -0.39 is 11.8 Å². The zero-order chi connectivity index (χ0) is 15.9. The summed E-state index contributed by atoms with van der Waals surface area (Å²) < 4.78 is 18.2. The second-order valence-corrected chi connectivity index (χ2v) is 5.86. The van der Waals surface area contributed by atoms with Crippen molar-refractivity contribution >= 4 is 53.0 Å². The fourth-order valence-electron chi connectivity index (χ4n) is 2.09. The van der Waals surface area contributed by atoms with Gasteiger partial charge in [-0.2, -0.15) is 0 Å². The SMILES string of the molecule is COC(=O)C1=Nc2ccc(F)cc2C1=Cc1sc(=O)[nH]c1S. The largest absolute Gasteiger partial charge is 0.464 e. The molecule has 0 saturated heterocycles. The normalized spacial score (nSPS) is 14.9. The Morgan fingerprint density at radius 1 is 1.50 bits per heavy atom. The number of thiazole rings is 1. The van der Waals surface area contributed by atoms with Gasteiger partial charge in [-0.15, -0.1) is 12.6 Å². The van der Waals surface area contributed by atoms with E-state index >= 15 is 0 Å². The summed E-state index contributed by atoms with van der Waals surface area (Å²) in [6.45, 7) is 0. The maximum Gasteiger partial charge on any atom is 0.357 e. The van der Waals surface area contributed by atoms with Gasteiger partial charge in [0.15, 0.2) is 5.71 Å². The summed E-state index contributed by atoms with van der Waals surface area (Å²) in [5.74, 6) is -1.08. The van der Waals surface area contributed by atoms with Gasteiger partial charge in [-0.05, 0) is 24.3 Å². The molecule has 1 aliphatic heterocycles. The van der Waals surface area contributed by atoms with Gasteiger partial charge in [0.05, 0.1) is 22.7 Å². The Balaban J connectivity index is 2.20. The van der Waals surface area contributed by atoms with Crippen LogP contribution < -0.4 is 4.87 Å². The number of esters is 1. The van der Waals surface area contributed by atoms with Crippen LogP contribution in [-0.4, -0.2) is 23.8 Å². The molecule has 8 heteroatoms. The van der Waals surface area contributed by atoms with E-state index in [1.807, 2.05) is 0 Å². The topological polar surface area (TPSA) is 71.5 Å². The zero-order valence-electron chi connectivity index (χ0n) is 11.2. The minimum absolute atomic E-state index is 0.0664. The highest BCUT2D eigenvalue weighted by molar-refractivity contribution is 7.80. The third-order valence-electron chi connectivity index (χ3n) is 3.05. The summed E-state index contributed by atoms with van der Waals surface area (Å²) in [6.07, 6.45) is 1.58. The Hall–Kier alpha value is -2.19. The maximum absolute atomic E-state index is 13.5. The van der Waals surface area contributed by atoms with Crippen LogP contribution in [-0.2, 0) is 9.53 Å². The number of rotatable bonds is 2. The number of hydrogen-bond donors (Lipinski definition) is 2. The maximum atomic E-state index is 13.5. The molecule has 1 N–H and O–H groups in total. The molecule has 112 valence electrons. The predicted molar refractivity (Wildman–Crippen MR) is 85.6 cm³/mol. The first kappa shape index (κ1) is 14.7. The molecule has 3 rings (SSSR count). The third kappa shape index (κ3) is 2.51. The molecule has 0 aliphatic carbocycles. The highest BCUT2D eigenvalue weighted by Crippen LogP contribution is 2.37. The van der Waals surface area contributed by atoms with Gasteiger partial charge >= 0.3 is 10.8 Å². The van der Waals surface area contributed by atoms with Crippen LogP contribution >= 0.6 is 24.0 Å². The lowest BCUT2D eigenvalue weighted by Crippen LogP contribution is -2.14. The molecule has 5 nitrogen and oxygen atoms in total. The summed E-state index contributed by atoms with van der Waals surface area (Å²) in [6, 6.07) is 4.03. The highest BCUT2D eigenvalue weighted by atomic mass is 32.1. The first-order chi connectivity index (χ1) is 10.5. The minimum Gasteiger partial charge on any atom is -0.464 e. The molecule has 1 aliphatic rings. The van der Waals surface area contributed by atoms with Crippen LogP contribution in [0.25, 0.3) is 11.6 Å². The van der Waals surface area contributed by atoms with Crippen LogP contribution in [0.1, 0.15) is 10.4 Å². The molecular weight excluding hydrogens is 327 g/mol. The number of nitrogens with one attached hydrogen (secondary N) is 1. The molecule has 0 amide bonds. The van der Waals surface area contributed by atoms with Gasteiger partial charge in [0.25, 0.3) is 0 Å². The number of benzene rings is 1. The lowest BCUT2D eigenvalue weighted by Gasteiger charge is -2.03. The lowest BCUT2D eigenvalue weighted by molar-refractivity contribution is -0.132. The molecule has 0 saturated carbocycles. The predicted octanol–water partition coefficient (Wildman–Crippen LogP) is 2.66. The molecule has 2 heterocycles. The van der Waals surface area contributed by atoms with Crippen LogP contribution in [0, 0.1) is 5.82 Å². The van der Waals surface area contributed by atoms with Crippen LogP contribution in [0.5, 0.6) is 0 Å². The molecule has 0 fully saturated rings. The number of aromatic amines is 1. The number of carbonyl (C=O) groups excluding carboxylic acids is 1. The number of fused-ring (bicyclic) bond motifs is 1. The number of hydrogen-bond acceptors (Lipinski definition) is 6. The van der Waals surface area contributed by atoms with Crippen molar-refractivity contribution in [2.45, 2.75) is 5.03 Å². The van der Waals surface area contributed by atoms with Crippen LogP contribution in [0.4, 0.5) is 10.1 Å². The summed E-state index contributed by atoms with van der Waals surface area (Å²) in [7, 11) is 1.24. The molecule has 2 aromatic rings. The second-order valence-electron chi connectivity index (χ2n) is 4.40. The number of methoxy groups -OCH3 is 1. The van der Waals surface area contributed by atoms with E-state index in [4.69, 9.17) is 4.74 Å². The Morgan fingerprint density at radius 2 is 2.27 bits per heavy atom. The molecule has 0 spiro atoms. The standard InChI is InChI=1S/C14H9FN2O3S2/c1-20-13(18)11-8(5-10-12(21)17-14(19)22-10)7-4-6(15)2-3-9(7)16-11/h2-5,21H,1H3,(H,17,19). The van der Waals surface area contributed by atoms with E-state index in [2.05, 4.69) is 22.6 Å². The first-order valence-electron chi connectivity index (χ1n) is 6.10.